The summed E-state index contributed by atoms with van der Waals surface area (Å²) in [7, 11) is 2.00. The molecule has 1 unspecified atom stereocenters. The Hall–Kier alpha value is -1.87. The second-order valence-corrected chi connectivity index (χ2v) is 5.16. The lowest BCUT2D eigenvalue weighted by molar-refractivity contribution is 0.607. The fourth-order valence-electron chi connectivity index (χ4n) is 2.46. The molecule has 2 aromatic carbocycles. The first-order chi connectivity index (χ1) is 9.54. The smallest absolute Gasteiger partial charge is 0.126 e. The van der Waals surface area contributed by atoms with E-state index in [4.69, 9.17) is 5.73 Å². The maximum absolute atomic E-state index is 13.8. The van der Waals surface area contributed by atoms with Crippen LogP contribution < -0.4 is 10.6 Å². The highest BCUT2D eigenvalue weighted by atomic mass is 19.1. The Bertz CT molecular complexity index is 595. The van der Waals surface area contributed by atoms with Gasteiger partial charge in [-0.15, -0.1) is 0 Å². The minimum absolute atomic E-state index is 0.0359. The number of nitrogens with zero attached hydrogens (tertiary/aromatic N) is 1. The van der Waals surface area contributed by atoms with Gasteiger partial charge < -0.3 is 10.6 Å². The predicted molar refractivity (Wildman–Crippen MR) is 82.5 cm³/mol. The van der Waals surface area contributed by atoms with Crippen molar-refractivity contribution < 1.29 is 4.39 Å². The third-order valence-corrected chi connectivity index (χ3v) is 3.77. The van der Waals surface area contributed by atoms with E-state index in [1.807, 2.05) is 25.2 Å². The Morgan fingerprint density at radius 3 is 2.40 bits per heavy atom. The molecule has 0 bridgehead atoms. The number of rotatable bonds is 4. The summed E-state index contributed by atoms with van der Waals surface area (Å²) in [5.41, 5.74) is 9.77. The van der Waals surface area contributed by atoms with E-state index in [9.17, 15) is 4.39 Å². The van der Waals surface area contributed by atoms with E-state index in [1.54, 1.807) is 19.1 Å². The van der Waals surface area contributed by atoms with Gasteiger partial charge in [-0.1, -0.05) is 30.3 Å². The number of benzene rings is 2. The molecular weight excluding hydrogens is 251 g/mol. The molecule has 1 atom stereocenters. The number of halogens is 1. The molecule has 0 amide bonds. The van der Waals surface area contributed by atoms with Crippen LogP contribution in [0.1, 0.15) is 22.7 Å². The van der Waals surface area contributed by atoms with E-state index < -0.39 is 0 Å². The summed E-state index contributed by atoms with van der Waals surface area (Å²) in [6.45, 7) is 4.27. The monoisotopic (exact) mass is 272 g/mol. The van der Waals surface area contributed by atoms with Crippen molar-refractivity contribution >= 4 is 5.69 Å². The van der Waals surface area contributed by atoms with Crippen LogP contribution in [0.5, 0.6) is 0 Å². The summed E-state index contributed by atoms with van der Waals surface area (Å²) in [6, 6.07) is 13.4. The van der Waals surface area contributed by atoms with Gasteiger partial charge in [-0.25, -0.2) is 4.39 Å². The standard InChI is InChI=1S/C17H21FN2/c1-12-8-9-14(10-15(12)18)17(11-19)20(3)16-7-5-4-6-13(16)2/h4-10,17H,11,19H2,1-3H3. The average molecular weight is 272 g/mol. The van der Waals surface area contributed by atoms with Crippen LogP contribution in [0.2, 0.25) is 0 Å². The van der Waals surface area contributed by atoms with Crippen LogP contribution in [0.15, 0.2) is 42.5 Å². The van der Waals surface area contributed by atoms with Gasteiger partial charge in [0.2, 0.25) is 0 Å². The molecule has 0 aliphatic heterocycles. The Morgan fingerprint density at radius 2 is 1.80 bits per heavy atom. The van der Waals surface area contributed by atoms with E-state index in [1.165, 1.54) is 5.56 Å². The number of hydrogen-bond donors (Lipinski definition) is 1. The second-order valence-electron chi connectivity index (χ2n) is 5.16. The first-order valence-corrected chi connectivity index (χ1v) is 6.79. The molecule has 106 valence electrons. The molecule has 0 aliphatic rings. The van der Waals surface area contributed by atoms with Crippen molar-refractivity contribution in [2.75, 3.05) is 18.5 Å². The average Bonchev–Trinajstić information content (AvgIpc) is 2.44. The molecule has 2 N–H and O–H groups in total. The Kier molecular flexibility index (Phi) is 4.40. The van der Waals surface area contributed by atoms with Crippen LogP contribution in [0.3, 0.4) is 0 Å². The second kappa shape index (κ2) is 6.06. The number of aryl methyl sites for hydroxylation is 2. The van der Waals surface area contributed by atoms with Crippen molar-refractivity contribution in [1.82, 2.24) is 0 Å². The number of likely N-dealkylation sites (N-methyl/N-ethyl adjacent to an activating group) is 1. The summed E-state index contributed by atoms with van der Waals surface area (Å²) < 4.78 is 13.8. The van der Waals surface area contributed by atoms with Crippen LogP contribution in [0, 0.1) is 19.7 Å². The quantitative estimate of drug-likeness (QED) is 0.921. The summed E-state index contributed by atoms with van der Waals surface area (Å²) in [4.78, 5) is 2.11. The molecule has 0 saturated carbocycles. The third kappa shape index (κ3) is 2.83. The van der Waals surface area contributed by atoms with E-state index in [-0.39, 0.29) is 11.9 Å². The molecule has 2 rings (SSSR count). The summed E-state index contributed by atoms with van der Waals surface area (Å²) in [6.07, 6.45) is 0. The maximum atomic E-state index is 13.8. The van der Waals surface area contributed by atoms with Crippen molar-refractivity contribution in [2.24, 2.45) is 5.73 Å². The SMILES string of the molecule is Cc1ccc(C(CN)N(C)c2ccccc2C)cc1F. The van der Waals surface area contributed by atoms with Crippen LogP contribution >= 0.6 is 0 Å². The molecule has 0 aromatic heterocycles. The zero-order valence-corrected chi connectivity index (χ0v) is 12.2. The number of para-hydroxylation sites is 1. The highest BCUT2D eigenvalue weighted by molar-refractivity contribution is 5.54. The van der Waals surface area contributed by atoms with Crippen molar-refractivity contribution in [3.63, 3.8) is 0 Å². The fraction of sp³-hybridized carbons (Fsp3) is 0.294. The maximum Gasteiger partial charge on any atom is 0.126 e. The first kappa shape index (κ1) is 14.5. The van der Waals surface area contributed by atoms with Gasteiger partial charge in [-0.2, -0.15) is 0 Å². The van der Waals surface area contributed by atoms with Gasteiger partial charge in [0.1, 0.15) is 5.82 Å². The molecule has 0 aliphatic carbocycles. The van der Waals surface area contributed by atoms with Gasteiger partial charge in [0.15, 0.2) is 0 Å². The van der Waals surface area contributed by atoms with Crippen molar-refractivity contribution in [3.05, 3.63) is 65.0 Å². The van der Waals surface area contributed by atoms with Crippen molar-refractivity contribution in [2.45, 2.75) is 19.9 Å². The molecule has 0 spiro atoms. The molecule has 0 radical (unpaired) electrons. The largest absolute Gasteiger partial charge is 0.366 e. The Morgan fingerprint density at radius 1 is 1.10 bits per heavy atom. The minimum Gasteiger partial charge on any atom is -0.366 e. The Labute approximate surface area is 120 Å². The van der Waals surface area contributed by atoms with Gasteiger partial charge >= 0.3 is 0 Å². The fourth-order valence-corrected chi connectivity index (χ4v) is 2.46. The van der Waals surface area contributed by atoms with Crippen LogP contribution in [0.4, 0.5) is 10.1 Å². The molecule has 2 aromatic rings. The van der Waals surface area contributed by atoms with Crippen LogP contribution in [-0.2, 0) is 0 Å². The molecule has 3 heteroatoms. The highest BCUT2D eigenvalue weighted by Crippen LogP contribution is 2.28. The van der Waals surface area contributed by atoms with Gasteiger partial charge in [-0.3, -0.25) is 0 Å². The lowest BCUT2D eigenvalue weighted by Crippen LogP contribution is -2.31. The van der Waals surface area contributed by atoms with E-state index in [0.717, 1.165) is 11.3 Å². The van der Waals surface area contributed by atoms with Crippen LogP contribution in [0.25, 0.3) is 0 Å². The highest BCUT2D eigenvalue weighted by Gasteiger charge is 2.18. The Balaban J connectivity index is 2.36. The normalized spacial score (nSPS) is 12.2. The van der Waals surface area contributed by atoms with Gasteiger partial charge in [0.05, 0.1) is 6.04 Å². The summed E-state index contributed by atoms with van der Waals surface area (Å²) in [5, 5.41) is 0. The van der Waals surface area contributed by atoms with Crippen molar-refractivity contribution in [3.8, 4) is 0 Å². The first-order valence-electron chi connectivity index (χ1n) is 6.79. The lowest BCUT2D eigenvalue weighted by Gasteiger charge is -2.31. The molecule has 0 fully saturated rings. The molecule has 20 heavy (non-hydrogen) atoms. The van der Waals surface area contributed by atoms with Gasteiger partial charge in [0.25, 0.3) is 0 Å². The third-order valence-electron chi connectivity index (χ3n) is 3.77. The zero-order chi connectivity index (χ0) is 14.7. The van der Waals surface area contributed by atoms with E-state index in [2.05, 4.69) is 24.0 Å². The van der Waals surface area contributed by atoms with Crippen molar-refractivity contribution in [1.29, 1.82) is 0 Å². The minimum atomic E-state index is -0.181. The number of hydrogen-bond acceptors (Lipinski definition) is 2. The van der Waals surface area contributed by atoms with Gasteiger partial charge in [0, 0.05) is 19.3 Å². The van der Waals surface area contributed by atoms with E-state index >= 15 is 0 Å². The van der Waals surface area contributed by atoms with Gasteiger partial charge in [-0.05, 0) is 42.7 Å². The van der Waals surface area contributed by atoms with E-state index in [0.29, 0.717) is 12.1 Å². The molecule has 0 saturated heterocycles. The zero-order valence-electron chi connectivity index (χ0n) is 12.2. The number of nitrogens with two attached hydrogens (primary N) is 1. The summed E-state index contributed by atoms with van der Waals surface area (Å²) in [5.74, 6) is -0.181. The predicted octanol–water partition coefficient (Wildman–Crippen LogP) is 3.58. The summed E-state index contributed by atoms with van der Waals surface area (Å²) >= 11 is 0. The van der Waals surface area contributed by atoms with Crippen LogP contribution in [-0.4, -0.2) is 13.6 Å². The topological polar surface area (TPSA) is 29.3 Å². The molecule has 0 heterocycles. The number of anilines is 1. The molecular formula is C17H21FN2. The molecule has 2 nitrogen and oxygen atoms in total. The lowest BCUT2D eigenvalue weighted by atomic mass is 10.0.